The molecule has 1 saturated heterocycles. The van der Waals surface area contributed by atoms with E-state index in [1.165, 1.54) is 7.11 Å². The van der Waals surface area contributed by atoms with Crippen LogP contribution in [-0.4, -0.2) is 62.7 Å². The Labute approximate surface area is 102 Å². The lowest BCUT2D eigenvalue weighted by atomic mass is 10.3. The van der Waals surface area contributed by atoms with Crippen LogP contribution in [0.1, 0.15) is 13.3 Å². The fourth-order valence-corrected chi connectivity index (χ4v) is 1.79. The molecule has 0 radical (unpaired) electrons. The van der Waals surface area contributed by atoms with Gasteiger partial charge in [-0.05, 0) is 26.4 Å². The summed E-state index contributed by atoms with van der Waals surface area (Å²) in [6.45, 7) is 5.63. The highest BCUT2D eigenvalue weighted by Crippen LogP contribution is 1.95. The van der Waals surface area contributed by atoms with Gasteiger partial charge in [-0.2, -0.15) is 0 Å². The molecule has 1 fully saturated rings. The SMILES string of the molecule is COC(=O)C(C)NC(=O)CN1CCCNCC1. The molecule has 1 rings (SSSR count). The van der Waals surface area contributed by atoms with Crippen LogP contribution in [0.2, 0.25) is 0 Å². The van der Waals surface area contributed by atoms with Crippen molar-refractivity contribution in [3.63, 3.8) is 0 Å². The zero-order valence-corrected chi connectivity index (χ0v) is 10.5. The molecule has 1 amide bonds. The second kappa shape index (κ2) is 7.24. The molecule has 2 N–H and O–H groups in total. The van der Waals surface area contributed by atoms with Crippen molar-refractivity contribution in [2.75, 3.05) is 39.8 Å². The van der Waals surface area contributed by atoms with Crippen molar-refractivity contribution >= 4 is 11.9 Å². The Balaban J connectivity index is 2.30. The van der Waals surface area contributed by atoms with Gasteiger partial charge >= 0.3 is 5.97 Å². The Morgan fingerprint density at radius 3 is 2.88 bits per heavy atom. The molecule has 0 aliphatic carbocycles. The van der Waals surface area contributed by atoms with Gasteiger partial charge in [-0.3, -0.25) is 9.69 Å². The van der Waals surface area contributed by atoms with Gasteiger partial charge < -0.3 is 15.4 Å². The maximum absolute atomic E-state index is 11.7. The first-order valence-electron chi connectivity index (χ1n) is 5.93. The Morgan fingerprint density at radius 1 is 1.41 bits per heavy atom. The number of hydrogen-bond donors (Lipinski definition) is 2. The van der Waals surface area contributed by atoms with E-state index in [1.54, 1.807) is 6.92 Å². The van der Waals surface area contributed by atoms with Gasteiger partial charge in [0, 0.05) is 13.1 Å². The lowest BCUT2D eigenvalue weighted by molar-refractivity contribution is -0.144. The van der Waals surface area contributed by atoms with E-state index in [0.29, 0.717) is 6.54 Å². The second-order valence-corrected chi connectivity index (χ2v) is 4.19. The number of rotatable bonds is 4. The number of esters is 1. The van der Waals surface area contributed by atoms with Crippen molar-refractivity contribution in [1.82, 2.24) is 15.5 Å². The van der Waals surface area contributed by atoms with Crippen LogP contribution in [0.25, 0.3) is 0 Å². The van der Waals surface area contributed by atoms with E-state index in [-0.39, 0.29) is 5.91 Å². The fourth-order valence-electron chi connectivity index (χ4n) is 1.79. The molecular weight excluding hydrogens is 222 g/mol. The molecule has 0 bridgehead atoms. The second-order valence-electron chi connectivity index (χ2n) is 4.19. The predicted molar refractivity (Wildman–Crippen MR) is 63.5 cm³/mol. The van der Waals surface area contributed by atoms with Crippen molar-refractivity contribution in [3.05, 3.63) is 0 Å². The number of ether oxygens (including phenoxy) is 1. The molecule has 0 aromatic carbocycles. The van der Waals surface area contributed by atoms with Crippen molar-refractivity contribution < 1.29 is 14.3 Å². The van der Waals surface area contributed by atoms with Gasteiger partial charge in [-0.25, -0.2) is 4.79 Å². The van der Waals surface area contributed by atoms with Crippen molar-refractivity contribution in [2.45, 2.75) is 19.4 Å². The van der Waals surface area contributed by atoms with Gasteiger partial charge in [-0.15, -0.1) is 0 Å². The average molecular weight is 243 g/mol. The summed E-state index contributed by atoms with van der Waals surface area (Å²) < 4.78 is 4.55. The Hall–Kier alpha value is -1.14. The zero-order chi connectivity index (χ0) is 12.7. The number of carbonyl (C=O) groups is 2. The lowest BCUT2D eigenvalue weighted by Gasteiger charge is -2.20. The fraction of sp³-hybridized carbons (Fsp3) is 0.818. The number of nitrogens with one attached hydrogen (secondary N) is 2. The van der Waals surface area contributed by atoms with E-state index in [9.17, 15) is 9.59 Å². The van der Waals surface area contributed by atoms with Crippen LogP contribution >= 0.6 is 0 Å². The summed E-state index contributed by atoms with van der Waals surface area (Å²) >= 11 is 0. The van der Waals surface area contributed by atoms with Crippen LogP contribution in [0.15, 0.2) is 0 Å². The molecule has 0 saturated carbocycles. The highest BCUT2D eigenvalue weighted by atomic mass is 16.5. The van der Waals surface area contributed by atoms with Gasteiger partial charge in [0.25, 0.3) is 0 Å². The Bertz CT molecular complexity index is 263. The highest BCUT2D eigenvalue weighted by Gasteiger charge is 2.18. The van der Waals surface area contributed by atoms with E-state index < -0.39 is 12.0 Å². The minimum absolute atomic E-state index is 0.134. The van der Waals surface area contributed by atoms with E-state index in [1.807, 2.05) is 0 Å². The van der Waals surface area contributed by atoms with Crippen LogP contribution < -0.4 is 10.6 Å². The highest BCUT2D eigenvalue weighted by molar-refractivity contribution is 5.85. The zero-order valence-electron chi connectivity index (χ0n) is 10.5. The third kappa shape index (κ3) is 5.14. The predicted octanol–water partition coefficient (Wildman–Crippen LogP) is -1.04. The number of carbonyl (C=O) groups excluding carboxylic acids is 2. The minimum atomic E-state index is -0.586. The molecule has 6 nitrogen and oxygen atoms in total. The first-order chi connectivity index (χ1) is 8.13. The number of nitrogens with zero attached hydrogens (tertiary/aromatic N) is 1. The van der Waals surface area contributed by atoms with E-state index in [2.05, 4.69) is 20.3 Å². The maximum atomic E-state index is 11.7. The first-order valence-corrected chi connectivity index (χ1v) is 5.93. The molecule has 1 aliphatic heterocycles. The van der Waals surface area contributed by atoms with Gasteiger partial charge in [0.05, 0.1) is 13.7 Å². The van der Waals surface area contributed by atoms with Gasteiger partial charge in [0.15, 0.2) is 0 Å². The van der Waals surface area contributed by atoms with Gasteiger partial charge in [-0.1, -0.05) is 0 Å². The molecule has 1 unspecified atom stereocenters. The molecule has 1 atom stereocenters. The summed E-state index contributed by atoms with van der Waals surface area (Å²) in [5.41, 5.74) is 0. The lowest BCUT2D eigenvalue weighted by Crippen LogP contribution is -2.45. The summed E-state index contributed by atoms with van der Waals surface area (Å²) in [6, 6.07) is -0.586. The van der Waals surface area contributed by atoms with Crippen LogP contribution in [-0.2, 0) is 14.3 Å². The van der Waals surface area contributed by atoms with Crippen molar-refractivity contribution in [1.29, 1.82) is 0 Å². The molecule has 0 spiro atoms. The molecule has 1 heterocycles. The topological polar surface area (TPSA) is 70.7 Å². The minimum Gasteiger partial charge on any atom is -0.467 e. The van der Waals surface area contributed by atoms with E-state index >= 15 is 0 Å². The van der Waals surface area contributed by atoms with Crippen molar-refractivity contribution in [2.24, 2.45) is 0 Å². The molecule has 0 aromatic rings. The molecule has 98 valence electrons. The monoisotopic (exact) mass is 243 g/mol. The third-order valence-corrected chi connectivity index (χ3v) is 2.73. The van der Waals surface area contributed by atoms with E-state index in [4.69, 9.17) is 0 Å². The molecule has 17 heavy (non-hydrogen) atoms. The largest absolute Gasteiger partial charge is 0.467 e. The summed E-state index contributed by atoms with van der Waals surface area (Å²) in [4.78, 5) is 24.9. The number of amides is 1. The summed E-state index contributed by atoms with van der Waals surface area (Å²) in [7, 11) is 1.31. The summed E-state index contributed by atoms with van der Waals surface area (Å²) in [6.07, 6.45) is 1.04. The van der Waals surface area contributed by atoms with Crippen LogP contribution in [0.3, 0.4) is 0 Å². The van der Waals surface area contributed by atoms with Gasteiger partial charge in [0.1, 0.15) is 6.04 Å². The normalized spacial score (nSPS) is 19.2. The maximum Gasteiger partial charge on any atom is 0.328 e. The average Bonchev–Trinajstić information content (AvgIpc) is 2.56. The molecule has 6 heteroatoms. The third-order valence-electron chi connectivity index (χ3n) is 2.73. The Kier molecular flexibility index (Phi) is 5.93. The Morgan fingerprint density at radius 2 is 2.18 bits per heavy atom. The first kappa shape index (κ1) is 13.9. The quantitative estimate of drug-likeness (QED) is 0.617. The molecule has 1 aliphatic rings. The smallest absolute Gasteiger partial charge is 0.328 e. The number of hydrogen-bond acceptors (Lipinski definition) is 5. The number of methoxy groups -OCH3 is 1. The standard InChI is InChI=1S/C11H21N3O3/c1-9(11(16)17-2)13-10(15)8-14-6-3-4-12-5-7-14/h9,12H,3-8H2,1-2H3,(H,13,15). The van der Waals surface area contributed by atoms with E-state index in [0.717, 1.165) is 32.6 Å². The molecular formula is C11H21N3O3. The molecule has 0 aromatic heterocycles. The van der Waals surface area contributed by atoms with Crippen LogP contribution in [0.5, 0.6) is 0 Å². The van der Waals surface area contributed by atoms with Crippen molar-refractivity contribution in [3.8, 4) is 0 Å². The summed E-state index contributed by atoms with van der Waals surface area (Å²) in [5.74, 6) is -0.555. The van der Waals surface area contributed by atoms with Crippen LogP contribution in [0, 0.1) is 0 Å². The van der Waals surface area contributed by atoms with Crippen LogP contribution in [0.4, 0.5) is 0 Å². The van der Waals surface area contributed by atoms with Gasteiger partial charge in [0.2, 0.25) is 5.91 Å². The summed E-state index contributed by atoms with van der Waals surface area (Å²) in [5, 5.41) is 5.89.